The number of nitrogens with two attached hydrogens (primary N) is 1. The number of thiocyanates is 1. The number of thiazole rings is 1. The summed E-state index contributed by atoms with van der Waals surface area (Å²) < 4.78 is 0.910. The average molecular weight is 242 g/mol. The molecule has 14 heavy (non-hydrogen) atoms. The number of nitrogens with zero attached hydrogens (tertiary/aromatic N) is 2. The van der Waals surface area contributed by atoms with Crippen molar-refractivity contribution in [3.8, 4) is 5.40 Å². The second-order valence-electron chi connectivity index (χ2n) is 2.50. The summed E-state index contributed by atoms with van der Waals surface area (Å²) in [4.78, 5) is 4.89. The smallest absolute Gasteiger partial charge is 0.181 e. The lowest BCUT2D eigenvalue weighted by Crippen LogP contribution is -1.80. The lowest BCUT2D eigenvalue weighted by molar-refractivity contribution is 1.42. The monoisotopic (exact) mass is 241 g/mol. The first-order valence-electron chi connectivity index (χ1n) is 3.62. The van der Waals surface area contributed by atoms with E-state index in [-0.39, 0.29) is 0 Å². The number of rotatable bonds is 1. The Morgan fingerprint density at radius 3 is 3.07 bits per heavy atom. The Balaban J connectivity index is 2.74. The molecule has 0 radical (unpaired) electrons. The molecule has 3 nitrogen and oxygen atoms in total. The fourth-order valence-corrected chi connectivity index (χ4v) is 2.86. The quantitative estimate of drug-likeness (QED) is 0.616. The molecule has 0 aliphatic rings. The van der Waals surface area contributed by atoms with E-state index in [0.717, 1.165) is 26.9 Å². The fourth-order valence-electron chi connectivity index (χ4n) is 1.11. The third-order valence-corrected chi connectivity index (χ3v) is 3.27. The van der Waals surface area contributed by atoms with E-state index in [0.29, 0.717) is 10.2 Å². The van der Waals surface area contributed by atoms with Gasteiger partial charge in [0.25, 0.3) is 0 Å². The molecule has 6 heteroatoms. The number of nitriles is 1. The van der Waals surface area contributed by atoms with Gasteiger partial charge >= 0.3 is 0 Å². The fraction of sp³-hybridized carbons (Fsp3) is 0. The molecule has 0 bridgehead atoms. The molecule has 1 heterocycles. The summed E-state index contributed by atoms with van der Waals surface area (Å²) in [6, 6.07) is 3.52. The maximum atomic E-state index is 8.59. The number of hydrogen-bond acceptors (Lipinski definition) is 5. The molecule has 0 atom stereocenters. The molecule has 0 saturated heterocycles. The van der Waals surface area contributed by atoms with E-state index in [2.05, 4.69) is 4.98 Å². The Labute approximate surface area is 93.5 Å². The SMILES string of the molecule is N#CSc1cc(Cl)cc2sc(N)nc12. The number of benzene rings is 1. The van der Waals surface area contributed by atoms with E-state index in [1.807, 2.05) is 5.40 Å². The molecular formula is C8H4ClN3S2. The van der Waals surface area contributed by atoms with Crippen molar-refractivity contribution >= 4 is 50.0 Å². The summed E-state index contributed by atoms with van der Waals surface area (Å²) in [5.74, 6) is 0. The van der Waals surface area contributed by atoms with Crippen LogP contribution in [0.25, 0.3) is 10.2 Å². The van der Waals surface area contributed by atoms with Gasteiger partial charge in [-0.25, -0.2) is 4.98 Å². The molecule has 0 saturated carbocycles. The highest BCUT2D eigenvalue weighted by Crippen LogP contribution is 2.34. The van der Waals surface area contributed by atoms with Crippen LogP contribution in [0.1, 0.15) is 0 Å². The molecular weight excluding hydrogens is 238 g/mol. The van der Waals surface area contributed by atoms with Gasteiger partial charge in [-0.2, -0.15) is 5.26 Å². The highest BCUT2D eigenvalue weighted by Gasteiger charge is 2.08. The van der Waals surface area contributed by atoms with E-state index in [1.165, 1.54) is 11.3 Å². The zero-order chi connectivity index (χ0) is 10.1. The third kappa shape index (κ3) is 1.64. The first-order chi connectivity index (χ1) is 6.70. The van der Waals surface area contributed by atoms with Gasteiger partial charge in [0.2, 0.25) is 0 Å². The molecule has 70 valence electrons. The first-order valence-corrected chi connectivity index (χ1v) is 5.63. The van der Waals surface area contributed by atoms with Crippen LogP contribution >= 0.6 is 34.7 Å². The van der Waals surface area contributed by atoms with Crippen LogP contribution in [0.3, 0.4) is 0 Å². The van der Waals surface area contributed by atoms with Gasteiger partial charge in [-0.15, -0.1) is 0 Å². The van der Waals surface area contributed by atoms with E-state index in [9.17, 15) is 0 Å². The van der Waals surface area contributed by atoms with Crippen molar-refractivity contribution in [1.82, 2.24) is 4.98 Å². The highest BCUT2D eigenvalue weighted by molar-refractivity contribution is 8.04. The molecule has 1 aromatic carbocycles. The van der Waals surface area contributed by atoms with Gasteiger partial charge in [0.1, 0.15) is 5.40 Å². The number of nitrogen functional groups attached to an aromatic ring is 1. The third-order valence-electron chi connectivity index (χ3n) is 1.60. The van der Waals surface area contributed by atoms with Crippen LogP contribution in [-0.4, -0.2) is 4.98 Å². The Hall–Kier alpha value is -0.960. The van der Waals surface area contributed by atoms with Crippen LogP contribution in [0.5, 0.6) is 0 Å². The highest BCUT2D eigenvalue weighted by atomic mass is 35.5. The van der Waals surface area contributed by atoms with Crippen LogP contribution in [0.2, 0.25) is 5.02 Å². The summed E-state index contributed by atoms with van der Waals surface area (Å²) >= 11 is 8.29. The average Bonchev–Trinajstić information content (AvgIpc) is 2.45. The second-order valence-corrected chi connectivity index (χ2v) is 4.82. The molecule has 0 spiro atoms. The normalized spacial score (nSPS) is 10.3. The maximum absolute atomic E-state index is 8.59. The molecule has 0 amide bonds. The van der Waals surface area contributed by atoms with E-state index in [1.54, 1.807) is 12.1 Å². The van der Waals surface area contributed by atoms with Crippen LogP contribution in [0, 0.1) is 10.7 Å². The molecule has 0 aliphatic heterocycles. The molecule has 2 N–H and O–H groups in total. The number of anilines is 1. The molecule has 0 unspecified atom stereocenters. The van der Waals surface area contributed by atoms with Crippen molar-refractivity contribution in [3.63, 3.8) is 0 Å². The van der Waals surface area contributed by atoms with Crippen LogP contribution in [0.15, 0.2) is 17.0 Å². The van der Waals surface area contributed by atoms with Crippen molar-refractivity contribution in [1.29, 1.82) is 5.26 Å². The molecule has 1 aromatic heterocycles. The van der Waals surface area contributed by atoms with Gasteiger partial charge in [0, 0.05) is 5.02 Å². The number of fused-ring (bicyclic) bond motifs is 1. The van der Waals surface area contributed by atoms with Gasteiger partial charge in [-0.1, -0.05) is 22.9 Å². The Bertz CT molecular complexity index is 529. The lowest BCUT2D eigenvalue weighted by atomic mass is 10.3. The molecule has 0 fully saturated rings. The molecule has 2 rings (SSSR count). The van der Waals surface area contributed by atoms with Crippen LogP contribution < -0.4 is 5.73 Å². The predicted octanol–water partition coefficient (Wildman–Crippen LogP) is 3.11. The molecule has 2 aromatic rings. The predicted molar refractivity (Wildman–Crippen MR) is 60.5 cm³/mol. The summed E-state index contributed by atoms with van der Waals surface area (Å²) in [5.41, 5.74) is 6.33. The van der Waals surface area contributed by atoms with E-state index < -0.39 is 0 Å². The Morgan fingerprint density at radius 2 is 2.36 bits per heavy atom. The summed E-state index contributed by atoms with van der Waals surface area (Å²) in [5, 5.41) is 11.7. The first kappa shape index (κ1) is 9.59. The van der Waals surface area contributed by atoms with Crippen molar-refractivity contribution in [3.05, 3.63) is 17.2 Å². The van der Waals surface area contributed by atoms with Crippen molar-refractivity contribution < 1.29 is 0 Å². The van der Waals surface area contributed by atoms with Crippen molar-refractivity contribution in [2.45, 2.75) is 4.90 Å². The zero-order valence-electron chi connectivity index (χ0n) is 6.82. The van der Waals surface area contributed by atoms with Crippen LogP contribution in [-0.2, 0) is 0 Å². The van der Waals surface area contributed by atoms with E-state index in [4.69, 9.17) is 22.6 Å². The van der Waals surface area contributed by atoms with Crippen LogP contribution in [0.4, 0.5) is 5.13 Å². The van der Waals surface area contributed by atoms with Gasteiger partial charge in [0.05, 0.1) is 15.1 Å². The summed E-state index contributed by atoms with van der Waals surface area (Å²) in [7, 11) is 0. The van der Waals surface area contributed by atoms with Gasteiger partial charge in [0.15, 0.2) is 5.13 Å². The Kier molecular flexibility index (Phi) is 2.50. The lowest BCUT2D eigenvalue weighted by Gasteiger charge is -1.96. The number of halogens is 1. The standard InChI is InChI=1S/C8H4ClN3S2/c9-4-1-5(13-3-10)7-6(2-4)14-8(11)12-7/h1-2H,(H2,11,12). The number of hydrogen-bond donors (Lipinski definition) is 1. The maximum Gasteiger partial charge on any atom is 0.181 e. The topological polar surface area (TPSA) is 62.7 Å². The largest absolute Gasteiger partial charge is 0.375 e. The zero-order valence-corrected chi connectivity index (χ0v) is 9.21. The number of thioether (sulfide) groups is 1. The second kappa shape index (κ2) is 3.65. The minimum Gasteiger partial charge on any atom is -0.375 e. The van der Waals surface area contributed by atoms with Crippen molar-refractivity contribution in [2.75, 3.05) is 5.73 Å². The van der Waals surface area contributed by atoms with E-state index >= 15 is 0 Å². The van der Waals surface area contributed by atoms with Gasteiger partial charge in [-0.3, -0.25) is 0 Å². The number of aromatic nitrogens is 1. The molecule has 0 aliphatic carbocycles. The summed E-state index contributed by atoms with van der Waals surface area (Å²) in [6.07, 6.45) is 0. The minimum absolute atomic E-state index is 0.488. The van der Waals surface area contributed by atoms with Crippen molar-refractivity contribution in [2.24, 2.45) is 0 Å². The minimum atomic E-state index is 0.488. The Morgan fingerprint density at radius 1 is 1.57 bits per heavy atom. The van der Waals surface area contributed by atoms with Gasteiger partial charge in [-0.05, 0) is 23.9 Å². The van der Waals surface area contributed by atoms with Gasteiger partial charge < -0.3 is 5.73 Å². The summed E-state index contributed by atoms with van der Waals surface area (Å²) in [6.45, 7) is 0.